The van der Waals surface area contributed by atoms with Gasteiger partial charge in [0.15, 0.2) is 0 Å². The van der Waals surface area contributed by atoms with E-state index in [2.05, 4.69) is 14.7 Å². The first kappa shape index (κ1) is 14.0. The number of nitrogens with one attached hydrogen (secondary N) is 1. The van der Waals surface area contributed by atoms with Gasteiger partial charge in [0.05, 0.1) is 12.3 Å². The summed E-state index contributed by atoms with van der Waals surface area (Å²) in [6.07, 6.45) is 0. The fraction of sp³-hybridized carbons (Fsp3) is 0.167. The Labute approximate surface area is 117 Å². The SMILES string of the molecule is CCOC(=O)c1nc(=O)n(-c2ccc(Cl)cc2)c(=O)[nH]1. The molecule has 0 spiro atoms. The number of nitrogens with zero attached hydrogens (tertiary/aromatic N) is 2. The quantitative estimate of drug-likeness (QED) is 0.843. The highest BCUT2D eigenvalue weighted by Gasteiger charge is 2.14. The number of hydrogen-bond donors (Lipinski definition) is 1. The summed E-state index contributed by atoms with van der Waals surface area (Å²) in [5.41, 5.74) is -1.36. The van der Waals surface area contributed by atoms with Crippen LogP contribution >= 0.6 is 11.6 Å². The van der Waals surface area contributed by atoms with Crippen molar-refractivity contribution in [2.24, 2.45) is 0 Å². The fourth-order valence-corrected chi connectivity index (χ4v) is 1.66. The number of rotatable bonds is 3. The van der Waals surface area contributed by atoms with Crippen LogP contribution in [-0.2, 0) is 4.74 Å². The molecule has 2 aromatic rings. The van der Waals surface area contributed by atoms with Crippen molar-refractivity contribution in [3.63, 3.8) is 0 Å². The van der Waals surface area contributed by atoms with E-state index in [0.29, 0.717) is 10.7 Å². The Kier molecular flexibility index (Phi) is 3.99. The van der Waals surface area contributed by atoms with Crippen LogP contribution in [-0.4, -0.2) is 27.1 Å². The molecule has 0 fully saturated rings. The van der Waals surface area contributed by atoms with E-state index < -0.39 is 23.2 Å². The first-order valence-electron chi connectivity index (χ1n) is 5.69. The number of hydrogen-bond acceptors (Lipinski definition) is 5. The van der Waals surface area contributed by atoms with E-state index in [4.69, 9.17) is 11.6 Å². The number of carbonyl (C=O) groups excluding carboxylic acids is 1. The predicted molar refractivity (Wildman–Crippen MR) is 71.4 cm³/mol. The van der Waals surface area contributed by atoms with Gasteiger partial charge in [-0.2, -0.15) is 4.98 Å². The Balaban J connectivity index is 2.52. The van der Waals surface area contributed by atoms with Crippen LogP contribution < -0.4 is 11.4 Å². The number of aromatic nitrogens is 3. The minimum atomic E-state index is -0.876. The summed E-state index contributed by atoms with van der Waals surface area (Å²) >= 11 is 5.73. The number of aromatic amines is 1. The number of halogens is 1. The van der Waals surface area contributed by atoms with Crippen molar-refractivity contribution in [3.05, 3.63) is 56.1 Å². The molecular weight excluding hydrogens is 286 g/mol. The molecule has 104 valence electrons. The molecule has 7 nitrogen and oxygen atoms in total. The molecule has 0 unspecified atom stereocenters. The maximum Gasteiger partial charge on any atom is 0.374 e. The summed E-state index contributed by atoms with van der Waals surface area (Å²) in [6, 6.07) is 6.04. The van der Waals surface area contributed by atoms with Crippen LogP contribution in [0.15, 0.2) is 33.9 Å². The van der Waals surface area contributed by atoms with Crippen LogP contribution in [0.4, 0.5) is 0 Å². The van der Waals surface area contributed by atoms with E-state index in [0.717, 1.165) is 4.57 Å². The molecule has 8 heteroatoms. The Morgan fingerprint density at radius 1 is 1.35 bits per heavy atom. The third-order valence-corrected chi connectivity index (χ3v) is 2.63. The van der Waals surface area contributed by atoms with Gasteiger partial charge < -0.3 is 4.74 Å². The van der Waals surface area contributed by atoms with E-state index in [1.807, 2.05) is 0 Å². The van der Waals surface area contributed by atoms with E-state index in [1.54, 1.807) is 6.92 Å². The average Bonchev–Trinajstić information content (AvgIpc) is 2.40. The predicted octanol–water partition coefficient (Wildman–Crippen LogP) is 0.751. The smallest absolute Gasteiger partial charge is 0.374 e. The molecule has 0 atom stereocenters. The second kappa shape index (κ2) is 5.70. The molecule has 20 heavy (non-hydrogen) atoms. The van der Waals surface area contributed by atoms with Crippen molar-refractivity contribution in [2.75, 3.05) is 6.61 Å². The summed E-state index contributed by atoms with van der Waals surface area (Å²) in [5, 5.41) is 0.467. The maximum absolute atomic E-state index is 11.9. The van der Waals surface area contributed by atoms with Crippen LogP contribution in [0.5, 0.6) is 0 Å². The van der Waals surface area contributed by atoms with Crippen molar-refractivity contribution in [2.45, 2.75) is 6.92 Å². The van der Waals surface area contributed by atoms with Gasteiger partial charge >= 0.3 is 17.3 Å². The van der Waals surface area contributed by atoms with Gasteiger partial charge in [-0.3, -0.25) is 4.98 Å². The van der Waals surface area contributed by atoms with Gasteiger partial charge in [-0.05, 0) is 31.2 Å². The fourth-order valence-electron chi connectivity index (χ4n) is 1.53. The van der Waals surface area contributed by atoms with Gasteiger partial charge in [0.2, 0.25) is 5.82 Å². The molecule has 0 aliphatic heterocycles. The summed E-state index contributed by atoms with van der Waals surface area (Å²) in [7, 11) is 0. The Morgan fingerprint density at radius 2 is 2.00 bits per heavy atom. The van der Waals surface area contributed by atoms with E-state index in [-0.39, 0.29) is 6.61 Å². The lowest BCUT2D eigenvalue weighted by Gasteiger charge is -2.05. The lowest BCUT2D eigenvalue weighted by atomic mass is 10.3. The largest absolute Gasteiger partial charge is 0.460 e. The molecule has 1 aromatic carbocycles. The topological polar surface area (TPSA) is 94.0 Å². The van der Waals surface area contributed by atoms with E-state index >= 15 is 0 Å². The Hall–Kier alpha value is -2.41. The maximum atomic E-state index is 11.9. The monoisotopic (exact) mass is 295 g/mol. The normalized spacial score (nSPS) is 10.3. The summed E-state index contributed by atoms with van der Waals surface area (Å²) in [5.74, 6) is -1.28. The zero-order valence-corrected chi connectivity index (χ0v) is 11.2. The van der Waals surface area contributed by atoms with Gasteiger partial charge in [-0.1, -0.05) is 11.6 Å². The van der Waals surface area contributed by atoms with Crippen molar-refractivity contribution >= 4 is 17.6 Å². The molecule has 0 saturated heterocycles. The Bertz CT molecular complexity index is 717. The summed E-state index contributed by atoms with van der Waals surface area (Å²) in [6.45, 7) is 1.72. The molecule has 0 saturated carbocycles. The van der Waals surface area contributed by atoms with Gasteiger partial charge in [-0.15, -0.1) is 0 Å². The van der Waals surface area contributed by atoms with Gasteiger partial charge in [0.1, 0.15) is 0 Å². The first-order valence-corrected chi connectivity index (χ1v) is 6.07. The molecule has 1 aromatic heterocycles. The van der Waals surface area contributed by atoms with Crippen LogP contribution in [0, 0.1) is 0 Å². The second-order valence-electron chi connectivity index (χ2n) is 3.71. The zero-order chi connectivity index (χ0) is 14.7. The van der Waals surface area contributed by atoms with Crippen LogP contribution in [0.3, 0.4) is 0 Å². The average molecular weight is 296 g/mol. The van der Waals surface area contributed by atoms with E-state index in [9.17, 15) is 14.4 Å². The van der Waals surface area contributed by atoms with Gasteiger partial charge in [-0.25, -0.2) is 19.0 Å². The van der Waals surface area contributed by atoms with E-state index in [1.165, 1.54) is 24.3 Å². The first-order chi connectivity index (χ1) is 9.52. The number of esters is 1. The molecule has 1 heterocycles. The van der Waals surface area contributed by atoms with Gasteiger partial charge in [0.25, 0.3) is 0 Å². The van der Waals surface area contributed by atoms with Gasteiger partial charge in [0, 0.05) is 5.02 Å². The molecule has 1 N–H and O–H groups in total. The Morgan fingerprint density at radius 3 is 2.55 bits per heavy atom. The van der Waals surface area contributed by atoms with Crippen molar-refractivity contribution < 1.29 is 9.53 Å². The third-order valence-electron chi connectivity index (χ3n) is 2.38. The van der Waals surface area contributed by atoms with Crippen LogP contribution in [0.2, 0.25) is 5.02 Å². The van der Waals surface area contributed by atoms with Crippen molar-refractivity contribution in [3.8, 4) is 5.69 Å². The van der Waals surface area contributed by atoms with Crippen molar-refractivity contribution in [1.82, 2.24) is 14.5 Å². The van der Waals surface area contributed by atoms with Crippen LogP contribution in [0.1, 0.15) is 17.5 Å². The molecule has 0 aliphatic carbocycles. The molecule has 0 bridgehead atoms. The number of carbonyl (C=O) groups is 1. The second-order valence-corrected chi connectivity index (χ2v) is 4.14. The summed E-state index contributed by atoms with van der Waals surface area (Å²) in [4.78, 5) is 40.8. The summed E-state index contributed by atoms with van der Waals surface area (Å²) < 4.78 is 5.45. The standard InChI is InChI=1S/C12H10ClN3O4/c1-2-20-10(17)9-14-11(18)16(12(19)15-9)8-5-3-7(13)4-6-8/h3-6H,2H2,1H3,(H,14,15,18,19). The number of H-pyrrole nitrogens is 1. The minimum Gasteiger partial charge on any atom is -0.460 e. The molecule has 0 radical (unpaired) electrons. The van der Waals surface area contributed by atoms with Crippen LogP contribution in [0.25, 0.3) is 5.69 Å². The molecule has 0 amide bonds. The minimum absolute atomic E-state index is 0.114. The molecule has 0 aliphatic rings. The highest BCUT2D eigenvalue weighted by Crippen LogP contribution is 2.10. The number of ether oxygens (including phenoxy) is 1. The number of benzene rings is 1. The molecule has 2 rings (SSSR count). The zero-order valence-electron chi connectivity index (χ0n) is 10.4. The molecular formula is C12H10ClN3O4. The highest BCUT2D eigenvalue weighted by molar-refractivity contribution is 6.30. The third kappa shape index (κ3) is 2.77. The highest BCUT2D eigenvalue weighted by atomic mass is 35.5. The lowest BCUT2D eigenvalue weighted by molar-refractivity contribution is 0.0510. The van der Waals surface area contributed by atoms with Crippen molar-refractivity contribution in [1.29, 1.82) is 0 Å². The lowest BCUT2D eigenvalue weighted by Crippen LogP contribution is -2.38.